The number of carbonyl (C=O) groups is 1. The predicted molar refractivity (Wildman–Crippen MR) is 77.1 cm³/mol. The van der Waals surface area contributed by atoms with Crippen molar-refractivity contribution in [3.05, 3.63) is 17.9 Å². The third-order valence-corrected chi connectivity index (χ3v) is 5.69. The van der Waals surface area contributed by atoms with E-state index in [-0.39, 0.29) is 22.1 Å². The van der Waals surface area contributed by atoms with E-state index >= 15 is 0 Å². The minimum absolute atomic E-state index is 0.0717. The molecule has 1 saturated heterocycles. The van der Waals surface area contributed by atoms with Gasteiger partial charge in [-0.3, -0.25) is 4.79 Å². The first-order chi connectivity index (χ1) is 9.49. The Hall–Kier alpha value is -0.990. The first-order valence-corrected chi connectivity index (χ1v) is 8.98. The molecule has 1 amide bonds. The van der Waals surface area contributed by atoms with Crippen LogP contribution in [0.1, 0.15) is 30.3 Å². The Morgan fingerprint density at radius 2 is 2.30 bits per heavy atom. The molecule has 2 rings (SSSR count). The summed E-state index contributed by atoms with van der Waals surface area (Å²) >= 11 is 1.75. The highest BCUT2D eigenvalue weighted by atomic mass is 32.2. The Morgan fingerprint density at radius 3 is 2.95 bits per heavy atom. The molecule has 1 fully saturated rings. The first kappa shape index (κ1) is 15.4. The molecule has 0 spiro atoms. The molecule has 0 bridgehead atoms. The van der Waals surface area contributed by atoms with Gasteiger partial charge in [-0.05, 0) is 25.6 Å². The Labute approximate surface area is 122 Å². The van der Waals surface area contributed by atoms with Gasteiger partial charge >= 0.3 is 0 Å². The summed E-state index contributed by atoms with van der Waals surface area (Å²) in [7, 11) is -2.35. The molecule has 112 valence electrons. The van der Waals surface area contributed by atoms with Crippen LogP contribution >= 0.6 is 11.8 Å². The van der Waals surface area contributed by atoms with Crippen molar-refractivity contribution in [2.24, 2.45) is 0 Å². The van der Waals surface area contributed by atoms with Gasteiger partial charge in [-0.15, -0.1) is 11.8 Å². The molecule has 0 aliphatic carbocycles. The smallest absolute Gasteiger partial charge is 0.290 e. The Morgan fingerprint density at radius 1 is 1.55 bits per heavy atom. The molecule has 1 N–H and O–H groups in total. The van der Waals surface area contributed by atoms with E-state index in [1.807, 2.05) is 0 Å². The lowest BCUT2D eigenvalue weighted by atomic mass is 10.3. The van der Waals surface area contributed by atoms with Crippen LogP contribution in [0, 0.1) is 0 Å². The van der Waals surface area contributed by atoms with Crippen molar-refractivity contribution < 1.29 is 17.6 Å². The maximum atomic E-state index is 12.4. The second-order valence-corrected chi connectivity index (χ2v) is 7.54. The number of hydrogen-bond acceptors (Lipinski definition) is 5. The average molecular weight is 318 g/mol. The van der Waals surface area contributed by atoms with Crippen LogP contribution < -0.4 is 4.72 Å². The van der Waals surface area contributed by atoms with Crippen LogP contribution in [-0.2, 0) is 10.0 Å². The second-order valence-electron chi connectivity index (χ2n) is 4.44. The van der Waals surface area contributed by atoms with Gasteiger partial charge in [0, 0.05) is 12.3 Å². The van der Waals surface area contributed by atoms with Gasteiger partial charge in [0.15, 0.2) is 5.76 Å². The topological polar surface area (TPSA) is 79.6 Å². The van der Waals surface area contributed by atoms with E-state index in [0.29, 0.717) is 6.54 Å². The number of amides is 1. The van der Waals surface area contributed by atoms with Crippen LogP contribution in [0.25, 0.3) is 0 Å². The van der Waals surface area contributed by atoms with Crippen molar-refractivity contribution in [2.75, 3.05) is 19.3 Å². The Kier molecular flexibility index (Phi) is 4.77. The number of nitrogens with zero attached hydrogens (tertiary/aromatic N) is 1. The molecule has 20 heavy (non-hydrogen) atoms. The van der Waals surface area contributed by atoms with Crippen LogP contribution in [0.3, 0.4) is 0 Å². The lowest BCUT2D eigenvalue weighted by Gasteiger charge is -2.22. The zero-order valence-electron chi connectivity index (χ0n) is 11.5. The second kappa shape index (κ2) is 6.19. The van der Waals surface area contributed by atoms with Crippen LogP contribution in [-0.4, -0.2) is 43.9 Å². The third-order valence-electron chi connectivity index (χ3n) is 3.11. The van der Waals surface area contributed by atoms with E-state index < -0.39 is 10.0 Å². The van der Waals surface area contributed by atoms with E-state index in [1.54, 1.807) is 16.7 Å². The molecule has 1 aliphatic rings. The zero-order chi connectivity index (χ0) is 14.8. The van der Waals surface area contributed by atoms with E-state index in [4.69, 9.17) is 4.42 Å². The molecule has 0 aromatic carbocycles. The van der Waals surface area contributed by atoms with Crippen LogP contribution in [0.5, 0.6) is 0 Å². The van der Waals surface area contributed by atoms with Crippen LogP contribution in [0.15, 0.2) is 21.6 Å². The van der Waals surface area contributed by atoms with Crippen LogP contribution in [0.2, 0.25) is 0 Å². The standard InChI is InChI=1S/C12H18N2O4S2/c1-3-4-10-14(7-8-19-10)12(15)9-5-6-11(18-9)20(16,17)13-2/h5-6,10,13H,3-4,7-8H2,1-2H3/t10-/m1/s1. The maximum absolute atomic E-state index is 12.4. The number of thioether (sulfide) groups is 1. The molecular weight excluding hydrogens is 300 g/mol. The third kappa shape index (κ3) is 3.02. The quantitative estimate of drug-likeness (QED) is 0.890. The Bertz CT molecular complexity index is 582. The van der Waals surface area contributed by atoms with E-state index in [1.165, 1.54) is 19.2 Å². The summed E-state index contributed by atoms with van der Waals surface area (Å²) in [4.78, 5) is 14.1. The fourth-order valence-electron chi connectivity index (χ4n) is 2.06. The largest absolute Gasteiger partial charge is 0.438 e. The number of sulfonamides is 1. The van der Waals surface area contributed by atoms with Gasteiger partial charge < -0.3 is 9.32 Å². The van der Waals surface area contributed by atoms with E-state index in [2.05, 4.69) is 11.6 Å². The number of hydrogen-bond donors (Lipinski definition) is 1. The number of nitrogens with one attached hydrogen (secondary N) is 1. The van der Waals surface area contributed by atoms with Crippen molar-refractivity contribution in [2.45, 2.75) is 30.2 Å². The fourth-order valence-corrected chi connectivity index (χ4v) is 4.07. The molecule has 1 aromatic rings. The summed E-state index contributed by atoms with van der Waals surface area (Å²) in [5.41, 5.74) is 0. The zero-order valence-corrected chi connectivity index (χ0v) is 13.1. The number of rotatable bonds is 5. The molecule has 0 saturated carbocycles. The normalized spacial score (nSPS) is 19.5. The van der Waals surface area contributed by atoms with Crippen molar-refractivity contribution in [1.29, 1.82) is 0 Å². The lowest BCUT2D eigenvalue weighted by molar-refractivity contribution is 0.0718. The van der Waals surface area contributed by atoms with Crippen molar-refractivity contribution in [3.63, 3.8) is 0 Å². The van der Waals surface area contributed by atoms with Gasteiger partial charge in [-0.25, -0.2) is 13.1 Å². The van der Waals surface area contributed by atoms with Crippen molar-refractivity contribution in [3.8, 4) is 0 Å². The first-order valence-electron chi connectivity index (χ1n) is 6.45. The minimum Gasteiger partial charge on any atom is -0.438 e. The van der Waals surface area contributed by atoms with Gasteiger partial charge in [-0.2, -0.15) is 0 Å². The summed E-state index contributed by atoms with van der Waals surface area (Å²) < 4.78 is 30.5. The summed E-state index contributed by atoms with van der Waals surface area (Å²) in [5.74, 6) is 0.729. The SMILES string of the molecule is CCC[C@H]1SCCN1C(=O)c1ccc(S(=O)(=O)NC)o1. The molecule has 1 atom stereocenters. The summed E-state index contributed by atoms with van der Waals surface area (Å²) in [5, 5.41) is -0.0794. The van der Waals surface area contributed by atoms with Gasteiger partial charge in [-0.1, -0.05) is 13.3 Å². The maximum Gasteiger partial charge on any atom is 0.290 e. The lowest BCUT2D eigenvalue weighted by Crippen LogP contribution is -2.34. The highest BCUT2D eigenvalue weighted by Gasteiger charge is 2.31. The van der Waals surface area contributed by atoms with Gasteiger partial charge in [0.2, 0.25) is 5.09 Å². The summed E-state index contributed by atoms with van der Waals surface area (Å²) in [6.07, 6.45) is 1.93. The highest BCUT2D eigenvalue weighted by Crippen LogP contribution is 2.29. The number of furan rings is 1. The van der Waals surface area contributed by atoms with E-state index in [9.17, 15) is 13.2 Å². The highest BCUT2D eigenvalue weighted by molar-refractivity contribution is 8.00. The molecule has 0 radical (unpaired) electrons. The average Bonchev–Trinajstić information content (AvgIpc) is 3.07. The number of carbonyl (C=O) groups excluding carboxylic acids is 1. The molecular formula is C12H18N2O4S2. The molecule has 1 aliphatic heterocycles. The fraction of sp³-hybridized carbons (Fsp3) is 0.583. The van der Waals surface area contributed by atoms with E-state index in [0.717, 1.165) is 18.6 Å². The minimum atomic E-state index is -3.65. The van der Waals surface area contributed by atoms with Gasteiger partial charge in [0.1, 0.15) is 0 Å². The molecule has 1 aromatic heterocycles. The van der Waals surface area contributed by atoms with Crippen molar-refractivity contribution in [1.82, 2.24) is 9.62 Å². The van der Waals surface area contributed by atoms with Gasteiger partial charge in [0.25, 0.3) is 15.9 Å². The molecule has 0 unspecified atom stereocenters. The van der Waals surface area contributed by atoms with Gasteiger partial charge in [0.05, 0.1) is 5.37 Å². The summed E-state index contributed by atoms with van der Waals surface area (Å²) in [6, 6.07) is 2.72. The van der Waals surface area contributed by atoms with Crippen molar-refractivity contribution >= 4 is 27.7 Å². The molecule has 2 heterocycles. The molecule has 8 heteroatoms. The molecule has 6 nitrogen and oxygen atoms in total. The Balaban J connectivity index is 2.18. The van der Waals surface area contributed by atoms with Crippen LogP contribution in [0.4, 0.5) is 0 Å². The summed E-state index contributed by atoms with van der Waals surface area (Å²) in [6.45, 7) is 2.75. The predicted octanol–water partition coefficient (Wildman–Crippen LogP) is 1.50. The monoisotopic (exact) mass is 318 g/mol.